The standard InChI is InChI=1S/C25H28N4S/c1-17-12-13-20(16-18(17)2)28-15-7-11-22(28)24-23(21-10-5-6-14-26-21)27-25(30)29(24)19-8-3-4-9-19/h5-7,10-16,19,23-24H,3-4,8-9H2,1-2H3,(H,27,30). The predicted molar refractivity (Wildman–Crippen MR) is 125 cm³/mol. The number of hydrogen-bond acceptors (Lipinski definition) is 2. The molecule has 2 fully saturated rings. The van der Waals surface area contributed by atoms with Gasteiger partial charge in [-0.15, -0.1) is 0 Å². The normalized spacial score (nSPS) is 21.9. The van der Waals surface area contributed by atoms with E-state index in [9.17, 15) is 0 Å². The number of thiocarbonyl (C=S) groups is 1. The molecular formula is C25H28N4S. The van der Waals surface area contributed by atoms with Gasteiger partial charge in [0.1, 0.15) is 0 Å². The average molecular weight is 417 g/mol. The van der Waals surface area contributed by atoms with E-state index < -0.39 is 0 Å². The van der Waals surface area contributed by atoms with Gasteiger partial charge in [-0.1, -0.05) is 25.0 Å². The Morgan fingerprint density at radius 2 is 1.83 bits per heavy atom. The second-order valence-corrected chi connectivity index (χ2v) is 8.93. The summed E-state index contributed by atoms with van der Waals surface area (Å²) in [4.78, 5) is 7.15. The van der Waals surface area contributed by atoms with Crippen LogP contribution in [0.25, 0.3) is 5.69 Å². The Morgan fingerprint density at radius 1 is 1.00 bits per heavy atom. The minimum Gasteiger partial charge on any atom is -0.352 e. The number of nitrogens with zero attached hydrogens (tertiary/aromatic N) is 3. The van der Waals surface area contributed by atoms with Crippen LogP contribution >= 0.6 is 12.2 Å². The van der Waals surface area contributed by atoms with Crippen LogP contribution < -0.4 is 5.32 Å². The molecule has 3 aromatic rings. The minimum absolute atomic E-state index is 0.0412. The maximum atomic E-state index is 5.88. The lowest BCUT2D eigenvalue weighted by Gasteiger charge is -2.33. The smallest absolute Gasteiger partial charge is 0.170 e. The Morgan fingerprint density at radius 3 is 2.57 bits per heavy atom. The first-order valence-electron chi connectivity index (χ1n) is 10.9. The highest BCUT2D eigenvalue weighted by Gasteiger charge is 2.44. The summed E-state index contributed by atoms with van der Waals surface area (Å²) in [6, 6.07) is 17.9. The highest BCUT2D eigenvalue weighted by Crippen LogP contribution is 2.43. The van der Waals surface area contributed by atoms with E-state index in [0.29, 0.717) is 6.04 Å². The van der Waals surface area contributed by atoms with Crippen LogP contribution in [0.3, 0.4) is 0 Å². The summed E-state index contributed by atoms with van der Waals surface area (Å²) >= 11 is 5.88. The first-order valence-corrected chi connectivity index (χ1v) is 11.3. The minimum atomic E-state index is 0.0412. The van der Waals surface area contributed by atoms with Gasteiger partial charge in [-0.25, -0.2) is 0 Å². The molecule has 2 atom stereocenters. The number of hydrogen-bond donors (Lipinski definition) is 1. The summed E-state index contributed by atoms with van der Waals surface area (Å²) in [7, 11) is 0. The highest BCUT2D eigenvalue weighted by atomic mass is 32.1. The lowest BCUT2D eigenvalue weighted by molar-refractivity contribution is 0.239. The van der Waals surface area contributed by atoms with Crippen molar-refractivity contribution >= 4 is 17.3 Å². The molecule has 1 saturated carbocycles. The summed E-state index contributed by atoms with van der Waals surface area (Å²) in [5, 5.41) is 4.47. The van der Waals surface area contributed by atoms with Crippen LogP contribution in [0.4, 0.5) is 0 Å². The second kappa shape index (κ2) is 7.88. The van der Waals surface area contributed by atoms with Crippen LogP contribution in [0, 0.1) is 13.8 Å². The number of pyridine rings is 1. The van der Waals surface area contributed by atoms with Crippen molar-refractivity contribution in [3.63, 3.8) is 0 Å². The summed E-state index contributed by atoms with van der Waals surface area (Å²) < 4.78 is 2.32. The average Bonchev–Trinajstić information content (AvgIpc) is 3.50. The SMILES string of the molecule is Cc1ccc(-n2cccc2C2C(c3ccccn3)NC(=S)N2C2CCCC2)cc1C. The Bertz CT molecular complexity index is 1050. The molecule has 0 amide bonds. The van der Waals surface area contributed by atoms with Gasteiger partial charge in [0.15, 0.2) is 5.11 Å². The zero-order chi connectivity index (χ0) is 20.7. The molecule has 2 aromatic heterocycles. The molecule has 5 rings (SSSR count). The molecule has 2 unspecified atom stereocenters. The molecule has 1 aliphatic heterocycles. The number of nitrogens with one attached hydrogen (secondary N) is 1. The number of rotatable bonds is 4. The Kier molecular flexibility index (Phi) is 5.07. The third-order valence-corrected chi connectivity index (χ3v) is 7.03. The van der Waals surface area contributed by atoms with Crippen molar-refractivity contribution in [2.24, 2.45) is 0 Å². The van der Waals surface area contributed by atoms with Gasteiger partial charge in [0.2, 0.25) is 0 Å². The molecule has 1 saturated heterocycles. The van der Waals surface area contributed by atoms with E-state index in [2.05, 4.69) is 82.3 Å². The van der Waals surface area contributed by atoms with Gasteiger partial charge in [-0.2, -0.15) is 0 Å². The van der Waals surface area contributed by atoms with Crippen molar-refractivity contribution < 1.29 is 0 Å². The molecule has 1 N–H and O–H groups in total. The molecule has 5 heteroatoms. The molecule has 4 nitrogen and oxygen atoms in total. The van der Waals surface area contributed by atoms with Crippen LogP contribution in [0.15, 0.2) is 60.9 Å². The van der Waals surface area contributed by atoms with Crippen molar-refractivity contribution in [3.8, 4) is 5.69 Å². The molecule has 1 aliphatic carbocycles. The molecule has 0 radical (unpaired) electrons. The molecular weight excluding hydrogens is 388 g/mol. The Hall–Kier alpha value is -2.66. The highest BCUT2D eigenvalue weighted by molar-refractivity contribution is 7.80. The van der Waals surface area contributed by atoms with E-state index >= 15 is 0 Å². The summed E-state index contributed by atoms with van der Waals surface area (Å²) in [5.74, 6) is 0. The third-order valence-electron chi connectivity index (χ3n) is 6.71. The van der Waals surface area contributed by atoms with E-state index in [1.807, 2.05) is 12.3 Å². The monoisotopic (exact) mass is 416 g/mol. The molecule has 0 spiro atoms. The molecule has 30 heavy (non-hydrogen) atoms. The Labute approximate surface area is 183 Å². The van der Waals surface area contributed by atoms with E-state index in [1.54, 1.807) is 0 Å². The summed E-state index contributed by atoms with van der Waals surface area (Å²) in [6.45, 7) is 4.34. The van der Waals surface area contributed by atoms with Crippen molar-refractivity contribution in [1.29, 1.82) is 0 Å². The zero-order valence-corrected chi connectivity index (χ0v) is 18.4. The van der Waals surface area contributed by atoms with Gasteiger partial charge in [-0.05, 0) is 86.4 Å². The van der Waals surface area contributed by atoms with Crippen molar-refractivity contribution in [2.75, 3.05) is 0 Å². The molecule has 0 bridgehead atoms. The second-order valence-electron chi connectivity index (χ2n) is 8.54. The lowest BCUT2D eigenvalue weighted by Crippen LogP contribution is -2.38. The van der Waals surface area contributed by atoms with E-state index in [4.69, 9.17) is 12.2 Å². The van der Waals surface area contributed by atoms with Gasteiger partial charge in [0.05, 0.1) is 17.8 Å². The van der Waals surface area contributed by atoms with E-state index in [0.717, 1.165) is 10.8 Å². The number of aromatic nitrogens is 2. The van der Waals surface area contributed by atoms with Gasteiger partial charge >= 0.3 is 0 Å². The van der Waals surface area contributed by atoms with Crippen LogP contribution in [0.1, 0.15) is 60.3 Å². The third kappa shape index (κ3) is 3.31. The van der Waals surface area contributed by atoms with Crippen molar-refractivity contribution in [1.82, 2.24) is 19.8 Å². The topological polar surface area (TPSA) is 33.1 Å². The van der Waals surface area contributed by atoms with Crippen molar-refractivity contribution in [3.05, 3.63) is 83.4 Å². The predicted octanol–water partition coefficient (Wildman–Crippen LogP) is 5.40. The quantitative estimate of drug-likeness (QED) is 0.577. The largest absolute Gasteiger partial charge is 0.352 e. The fourth-order valence-corrected chi connectivity index (χ4v) is 5.39. The summed E-state index contributed by atoms with van der Waals surface area (Å²) in [5.41, 5.74) is 6.12. The first-order chi connectivity index (χ1) is 14.6. The van der Waals surface area contributed by atoms with Crippen LogP contribution in [-0.2, 0) is 0 Å². The van der Waals surface area contributed by atoms with E-state index in [-0.39, 0.29) is 12.1 Å². The molecule has 1 aromatic carbocycles. The fourth-order valence-electron chi connectivity index (χ4n) is 5.00. The van der Waals surface area contributed by atoms with Gasteiger partial charge < -0.3 is 14.8 Å². The maximum absolute atomic E-state index is 5.88. The zero-order valence-electron chi connectivity index (χ0n) is 17.6. The number of aryl methyl sites for hydroxylation is 2. The first kappa shape index (κ1) is 19.3. The van der Waals surface area contributed by atoms with E-state index in [1.165, 1.54) is 48.2 Å². The molecule has 154 valence electrons. The lowest BCUT2D eigenvalue weighted by atomic mass is 9.99. The van der Waals surface area contributed by atoms with Gasteiger partial charge in [-0.3, -0.25) is 4.98 Å². The fraction of sp³-hybridized carbons (Fsp3) is 0.360. The van der Waals surface area contributed by atoms with Gasteiger partial charge in [0, 0.05) is 29.8 Å². The summed E-state index contributed by atoms with van der Waals surface area (Å²) in [6.07, 6.45) is 9.02. The van der Waals surface area contributed by atoms with Crippen LogP contribution in [0.5, 0.6) is 0 Å². The maximum Gasteiger partial charge on any atom is 0.170 e. The molecule has 3 heterocycles. The van der Waals surface area contributed by atoms with Crippen LogP contribution in [0.2, 0.25) is 0 Å². The Balaban J connectivity index is 1.62. The van der Waals surface area contributed by atoms with Crippen LogP contribution in [-0.4, -0.2) is 25.6 Å². The van der Waals surface area contributed by atoms with Crippen molar-refractivity contribution in [2.45, 2.75) is 57.7 Å². The molecule has 2 aliphatic rings. The van der Waals surface area contributed by atoms with Gasteiger partial charge in [0.25, 0.3) is 0 Å². The number of benzene rings is 1.